The maximum absolute atomic E-state index is 12.7. The summed E-state index contributed by atoms with van der Waals surface area (Å²) < 4.78 is 18.7. The smallest absolute Gasteiger partial charge is 0.410 e. The SMILES string of the molecule is COC(=O)c1sc(-n2cnc3cc(-c4ccc(N5CCN(C(=O)OC(C)(C)C)CC5)nc4)ccc32)cc1O[C@H](C)c1ccccc1Cl. The molecule has 5 aromatic rings. The van der Waals surface area contributed by atoms with Crippen LogP contribution >= 0.6 is 22.9 Å². The van der Waals surface area contributed by atoms with Gasteiger partial charge in [-0.2, -0.15) is 0 Å². The van der Waals surface area contributed by atoms with Crippen molar-refractivity contribution < 1.29 is 23.8 Å². The number of thiophene rings is 1. The number of carbonyl (C=O) groups excluding carboxylic acids is 2. The monoisotopic (exact) mass is 673 g/mol. The fourth-order valence-corrected chi connectivity index (χ4v) is 6.70. The zero-order valence-electron chi connectivity index (χ0n) is 26.9. The van der Waals surface area contributed by atoms with Crippen LogP contribution in [0.5, 0.6) is 5.75 Å². The van der Waals surface area contributed by atoms with Gasteiger partial charge in [-0.25, -0.2) is 19.6 Å². The predicted molar refractivity (Wildman–Crippen MR) is 184 cm³/mol. The van der Waals surface area contributed by atoms with E-state index in [2.05, 4.69) is 9.88 Å². The molecule has 3 aromatic heterocycles. The summed E-state index contributed by atoms with van der Waals surface area (Å²) in [5, 5.41) is 1.36. The molecule has 4 heterocycles. The Labute approximate surface area is 282 Å². The number of hydrogen-bond donors (Lipinski definition) is 0. The third kappa shape index (κ3) is 7.06. The minimum absolute atomic E-state index is 0.280. The van der Waals surface area contributed by atoms with Crippen molar-refractivity contribution in [2.24, 2.45) is 0 Å². The second-order valence-electron chi connectivity index (χ2n) is 12.2. The van der Waals surface area contributed by atoms with Gasteiger partial charge in [-0.1, -0.05) is 35.9 Å². The third-order valence-electron chi connectivity index (χ3n) is 7.82. The van der Waals surface area contributed by atoms with Crippen LogP contribution in [0, 0.1) is 0 Å². The van der Waals surface area contributed by atoms with E-state index in [1.54, 1.807) is 11.2 Å². The lowest BCUT2D eigenvalue weighted by Crippen LogP contribution is -2.50. The van der Waals surface area contributed by atoms with Crippen molar-refractivity contribution in [3.05, 3.63) is 88.7 Å². The van der Waals surface area contributed by atoms with Gasteiger partial charge >= 0.3 is 12.1 Å². The Hall–Kier alpha value is -4.61. The van der Waals surface area contributed by atoms with Crippen molar-refractivity contribution in [2.45, 2.75) is 39.4 Å². The van der Waals surface area contributed by atoms with E-state index in [-0.39, 0.29) is 6.09 Å². The van der Waals surface area contributed by atoms with Crippen LogP contribution in [0.4, 0.5) is 10.6 Å². The number of hydrogen-bond acceptors (Lipinski definition) is 9. The zero-order chi connectivity index (χ0) is 33.3. The molecule has 0 spiro atoms. The van der Waals surface area contributed by atoms with E-state index in [0.29, 0.717) is 41.8 Å². The van der Waals surface area contributed by atoms with Crippen molar-refractivity contribution in [3.63, 3.8) is 0 Å². The molecule has 10 nitrogen and oxygen atoms in total. The number of pyridine rings is 1. The second-order valence-corrected chi connectivity index (χ2v) is 13.7. The number of aromatic nitrogens is 3. The number of benzene rings is 2. The number of rotatable bonds is 7. The van der Waals surface area contributed by atoms with E-state index in [9.17, 15) is 9.59 Å². The molecule has 0 bridgehead atoms. The van der Waals surface area contributed by atoms with Crippen LogP contribution < -0.4 is 9.64 Å². The maximum Gasteiger partial charge on any atom is 0.410 e. The number of nitrogens with zero attached hydrogens (tertiary/aromatic N) is 5. The Morgan fingerprint density at radius 1 is 0.957 bits per heavy atom. The molecule has 1 fully saturated rings. The molecule has 1 aliphatic heterocycles. The first-order chi connectivity index (χ1) is 22.5. The highest BCUT2D eigenvalue weighted by atomic mass is 35.5. The number of piperazine rings is 1. The molecule has 6 rings (SSSR count). The van der Waals surface area contributed by atoms with Crippen LogP contribution in [-0.2, 0) is 9.47 Å². The van der Waals surface area contributed by atoms with Gasteiger partial charge in [-0.05, 0) is 63.6 Å². The summed E-state index contributed by atoms with van der Waals surface area (Å²) in [7, 11) is 1.35. The van der Waals surface area contributed by atoms with Crippen LogP contribution in [0.1, 0.15) is 49.0 Å². The standard InChI is InChI=1S/C35H36ClN5O5S/c1-22(25-8-6-7-9-26(25)36)45-29-19-31(47-32(29)33(42)44-5)41-21-38-27-18-23(10-12-28(27)41)24-11-13-30(37-20-24)39-14-16-40(17-15-39)34(43)46-35(2,3)4/h6-13,18-22H,14-17H2,1-5H3/t22-/m1/s1. The molecular weight excluding hydrogens is 638 g/mol. The van der Waals surface area contributed by atoms with Crippen molar-refractivity contribution in [2.75, 3.05) is 38.2 Å². The number of carbonyl (C=O) groups is 2. The van der Waals surface area contributed by atoms with Gasteiger partial charge in [0.25, 0.3) is 0 Å². The van der Waals surface area contributed by atoms with Crippen LogP contribution in [0.15, 0.2) is 73.2 Å². The molecule has 0 aliphatic carbocycles. The van der Waals surface area contributed by atoms with Gasteiger partial charge in [-0.3, -0.25) is 4.57 Å². The molecule has 0 saturated carbocycles. The molecule has 0 N–H and O–H groups in total. The summed E-state index contributed by atoms with van der Waals surface area (Å²) in [5.41, 5.74) is 3.93. The predicted octanol–water partition coefficient (Wildman–Crippen LogP) is 7.79. The number of ether oxygens (including phenoxy) is 3. The summed E-state index contributed by atoms with van der Waals surface area (Å²) in [6.45, 7) is 10.0. The lowest BCUT2D eigenvalue weighted by atomic mass is 10.1. The highest BCUT2D eigenvalue weighted by Gasteiger charge is 2.27. The lowest BCUT2D eigenvalue weighted by Gasteiger charge is -2.36. The average Bonchev–Trinajstić information content (AvgIpc) is 3.67. The maximum atomic E-state index is 12.7. The number of imidazole rings is 1. The summed E-state index contributed by atoms with van der Waals surface area (Å²) in [6.07, 6.45) is 2.93. The summed E-state index contributed by atoms with van der Waals surface area (Å²) in [6, 6.07) is 19.4. The van der Waals surface area contributed by atoms with Crippen LogP contribution in [0.3, 0.4) is 0 Å². The Balaban J connectivity index is 1.18. The van der Waals surface area contributed by atoms with Gasteiger partial charge in [0.2, 0.25) is 0 Å². The fourth-order valence-electron chi connectivity index (χ4n) is 5.42. The van der Waals surface area contributed by atoms with Gasteiger partial charge in [-0.15, -0.1) is 11.3 Å². The number of amides is 1. The quantitative estimate of drug-likeness (QED) is 0.162. The Kier molecular flexibility index (Phi) is 9.11. The first-order valence-corrected chi connectivity index (χ1v) is 16.5. The molecule has 1 saturated heterocycles. The first-order valence-electron chi connectivity index (χ1n) is 15.3. The van der Waals surface area contributed by atoms with Gasteiger partial charge in [0.05, 0.1) is 18.1 Å². The minimum Gasteiger partial charge on any atom is -0.484 e. The summed E-state index contributed by atoms with van der Waals surface area (Å²) in [4.78, 5) is 38.8. The molecule has 47 heavy (non-hydrogen) atoms. The van der Waals surface area contributed by atoms with E-state index in [4.69, 9.17) is 30.8 Å². The van der Waals surface area contributed by atoms with Crippen molar-refractivity contribution >= 4 is 51.9 Å². The highest BCUT2D eigenvalue weighted by molar-refractivity contribution is 7.16. The van der Waals surface area contributed by atoms with Crippen molar-refractivity contribution in [1.82, 2.24) is 19.4 Å². The van der Waals surface area contributed by atoms with E-state index < -0.39 is 17.7 Å². The van der Waals surface area contributed by atoms with Gasteiger partial charge in [0.15, 0.2) is 4.88 Å². The number of fused-ring (bicyclic) bond motifs is 1. The third-order valence-corrected chi connectivity index (χ3v) is 9.26. The topological polar surface area (TPSA) is 99.0 Å². The number of esters is 1. The molecule has 2 aromatic carbocycles. The minimum atomic E-state index is -0.514. The molecule has 244 valence electrons. The van der Waals surface area contributed by atoms with E-state index in [1.165, 1.54) is 18.4 Å². The molecular formula is C35H36ClN5O5S. The number of methoxy groups -OCH3 is 1. The second kappa shape index (κ2) is 13.2. The lowest BCUT2D eigenvalue weighted by molar-refractivity contribution is 0.0240. The summed E-state index contributed by atoms with van der Waals surface area (Å²) in [5.74, 6) is 0.805. The molecule has 0 radical (unpaired) electrons. The van der Waals surface area contributed by atoms with Gasteiger partial charge in [0, 0.05) is 54.6 Å². The molecule has 12 heteroatoms. The largest absolute Gasteiger partial charge is 0.484 e. The Morgan fingerprint density at radius 3 is 2.38 bits per heavy atom. The van der Waals surface area contributed by atoms with E-state index >= 15 is 0 Å². The van der Waals surface area contributed by atoms with Gasteiger partial charge < -0.3 is 24.0 Å². The van der Waals surface area contributed by atoms with E-state index in [1.807, 2.05) is 99.1 Å². The number of anilines is 1. The summed E-state index contributed by atoms with van der Waals surface area (Å²) >= 11 is 7.67. The number of halogens is 1. The van der Waals surface area contributed by atoms with Crippen LogP contribution in [-0.4, -0.2) is 70.4 Å². The molecule has 1 atom stereocenters. The molecule has 0 unspecified atom stereocenters. The molecule has 1 amide bonds. The van der Waals surface area contributed by atoms with Crippen LogP contribution in [0.25, 0.3) is 27.2 Å². The first kappa shape index (κ1) is 32.3. The average molecular weight is 674 g/mol. The Bertz CT molecular complexity index is 1910. The van der Waals surface area contributed by atoms with Crippen LogP contribution in [0.2, 0.25) is 5.02 Å². The van der Waals surface area contributed by atoms with Crippen molar-refractivity contribution in [1.29, 1.82) is 0 Å². The fraction of sp³-hybridized carbons (Fsp3) is 0.314. The highest BCUT2D eigenvalue weighted by Crippen LogP contribution is 2.38. The zero-order valence-corrected chi connectivity index (χ0v) is 28.5. The Morgan fingerprint density at radius 2 is 1.70 bits per heavy atom. The van der Waals surface area contributed by atoms with Crippen molar-refractivity contribution in [3.8, 4) is 21.9 Å². The van der Waals surface area contributed by atoms with Gasteiger partial charge in [0.1, 0.15) is 34.6 Å². The normalized spacial score (nSPS) is 14.3. The van der Waals surface area contributed by atoms with E-state index in [0.717, 1.165) is 38.5 Å². The molecule has 1 aliphatic rings.